The molecule has 4 aromatic rings. The van der Waals surface area contributed by atoms with Crippen LogP contribution in [0.4, 0.5) is 0 Å². The number of likely N-dealkylation sites (N-methyl/N-ethyl adjacent to an activating group) is 2. The van der Waals surface area contributed by atoms with E-state index in [0.29, 0.717) is 13.1 Å². The maximum atomic E-state index is 12.7. The lowest BCUT2D eigenvalue weighted by molar-refractivity contribution is -0.192. The van der Waals surface area contributed by atoms with Crippen molar-refractivity contribution < 1.29 is 24.3 Å². The van der Waals surface area contributed by atoms with Crippen LogP contribution in [0.3, 0.4) is 0 Å². The summed E-state index contributed by atoms with van der Waals surface area (Å²) in [5.74, 6) is 6.02. The summed E-state index contributed by atoms with van der Waals surface area (Å²) in [6, 6.07) is 23.3. The number of aryl methyl sites for hydroxylation is 2. The van der Waals surface area contributed by atoms with Gasteiger partial charge >= 0.3 is 0 Å². The number of aromatic amines is 1. The van der Waals surface area contributed by atoms with Crippen molar-refractivity contribution in [2.24, 2.45) is 5.73 Å². The summed E-state index contributed by atoms with van der Waals surface area (Å²) in [5, 5.41) is 15.7. The molecule has 10 nitrogen and oxygen atoms in total. The molecule has 2 heterocycles. The molecule has 0 aliphatic carbocycles. The van der Waals surface area contributed by atoms with Crippen LogP contribution < -0.4 is 11.1 Å². The summed E-state index contributed by atoms with van der Waals surface area (Å²) < 4.78 is 5.28. The third kappa shape index (κ3) is 10.3. The fraction of sp³-hybridized carbons (Fsp3) is 0.368. The smallest absolute Gasteiger partial charge is 0.241 e. The molecule has 1 amide bonds. The second-order valence-electron chi connectivity index (χ2n) is 12.2. The fourth-order valence-corrected chi connectivity index (χ4v) is 5.34. The summed E-state index contributed by atoms with van der Waals surface area (Å²) >= 11 is 0. The second-order valence-corrected chi connectivity index (χ2v) is 12.2. The number of ether oxygens (including phenoxy) is 1. The Morgan fingerprint density at radius 3 is 2.21 bits per heavy atom. The summed E-state index contributed by atoms with van der Waals surface area (Å²) in [6.07, 6.45) is 1.24. The number of aliphatic hydroxyl groups excluding tert-OH is 1. The first-order chi connectivity index (χ1) is 22.9. The Bertz CT molecular complexity index is 1660. The maximum absolute atomic E-state index is 12.7. The molecule has 1 aliphatic rings. The average molecular weight is 656 g/mol. The van der Waals surface area contributed by atoms with E-state index in [4.69, 9.17) is 15.3 Å². The van der Waals surface area contributed by atoms with Crippen LogP contribution in [-0.2, 0) is 25.7 Å². The van der Waals surface area contributed by atoms with Gasteiger partial charge in [0.1, 0.15) is 18.4 Å². The van der Waals surface area contributed by atoms with Crippen molar-refractivity contribution in [1.29, 1.82) is 0 Å². The van der Waals surface area contributed by atoms with Crippen LogP contribution in [0.25, 0.3) is 10.9 Å². The van der Waals surface area contributed by atoms with E-state index < -0.39 is 23.8 Å². The molecule has 0 bridgehead atoms. The number of aliphatic hydroxyl groups is 1. The molecule has 0 saturated carbocycles. The first-order valence-electron chi connectivity index (χ1n) is 15.8. The first-order valence-corrected chi connectivity index (χ1v) is 15.8. The van der Waals surface area contributed by atoms with Gasteiger partial charge in [-0.2, -0.15) is 5.06 Å². The molecule has 1 aromatic heterocycles. The van der Waals surface area contributed by atoms with Crippen LogP contribution in [-0.4, -0.2) is 97.4 Å². The number of methoxy groups -OCH3 is 1. The number of para-hydroxylation sites is 1. The van der Waals surface area contributed by atoms with Crippen LogP contribution in [0, 0.1) is 25.7 Å². The van der Waals surface area contributed by atoms with Crippen LogP contribution >= 0.6 is 0 Å². The number of carbonyl (C=O) groups is 2. The zero-order chi connectivity index (χ0) is 35.3. The fourth-order valence-electron chi connectivity index (χ4n) is 5.34. The van der Waals surface area contributed by atoms with Crippen LogP contribution in [0.15, 0.2) is 79.0 Å². The highest BCUT2D eigenvalue weighted by molar-refractivity contribution is 5.84. The van der Waals surface area contributed by atoms with Crippen LogP contribution in [0.1, 0.15) is 34.7 Å². The van der Waals surface area contributed by atoms with E-state index in [1.807, 2.05) is 86.7 Å². The molecular weight excluding hydrogens is 606 g/mol. The van der Waals surface area contributed by atoms with E-state index in [0.717, 1.165) is 23.0 Å². The Morgan fingerprint density at radius 1 is 1.10 bits per heavy atom. The zero-order valence-corrected chi connectivity index (χ0v) is 29.0. The minimum Gasteiger partial charge on any atom is -0.391 e. The van der Waals surface area contributed by atoms with Crippen molar-refractivity contribution in [1.82, 2.24) is 20.3 Å². The number of amides is 1. The molecule has 5 N–H and O–H groups in total. The van der Waals surface area contributed by atoms with Crippen LogP contribution in [0.2, 0.25) is 0 Å². The van der Waals surface area contributed by atoms with Gasteiger partial charge in [-0.05, 0) is 76.3 Å². The Morgan fingerprint density at radius 2 is 1.71 bits per heavy atom. The summed E-state index contributed by atoms with van der Waals surface area (Å²) in [4.78, 5) is 33.2. The number of hydroxylamine groups is 2. The first kappa shape index (κ1) is 38.1. The number of rotatable bonds is 8. The van der Waals surface area contributed by atoms with Gasteiger partial charge < -0.3 is 35.6 Å². The number of nitrogens with zero attached hydrogens (tertiary/aromatic N) is 2. The van der Waals surface area contributed by atoms with Gasteiger partial charge in [0, 0.05) is 42.4 Å². The van der Waals surface area contributed by atoms with E-state index >= 15 is 0 Å². The molecule has 0 spiro atoms. The molecule has 5 rings (SSSR count). The molecule has 0 radical (unpaired) electrons. The highest BCUT2D eigenvalue weighted by Gasteiger charge is 2.58. The Labute approximate surface area is 284 Å². The van der Waals surface area contributed by atoms with Crippen molar-refractivity contribution in [3.63, 3.8) is 0 Å². The molecule has 2 unspecified atom stereocenters. The van der Waals surface area contributed by atoms with E-state index in [2.05, 4.69) is 47.3 Å². The number of H-pyrrole nitrogens is 1. The molecule has 256 valence electrons. The highest BCUT2D eigenvalue weighted by atomic mass is 16.7. The lowest BCUT2D eigenvalue weighted by Crippen LogP contribution is -2.66. The number of aldehydes is 1. The van der Waals surface area contributed by atoms with Gasteiger partial charge in [0.05, 0.1) is 31.3 Å². The summed E-state index contributed by atoms with van der Waals surface area (Å²) in [5.41, 5.74) is 11.9. The highest BCUT2D eigenvalue weighted by Crippen LogP contribution is 2.34. The quantitative estimate of drug-likeness (QED) is 0.167. The van der Waals surface area contributed by atoms with Gasteiger partial charge in [-0.25, -0.2) is 0 Å². The van der Waals surface area contributed by atoms with E-state index in [1.165, 1.54) is 34.2 Å². The SMILES string of the molecule is CN(C)CC=O.CNC(=O)[C@H]1N(Cc2ccc(C#Cc3ccc(C)cc3)cc2)OC(C(C)O)[C@@]1(N)COC.Cc1c[nH]c2ccccc12. The molecule has 3 aromatic carbocycles. The minimum absolute atomic E-state index is 0.0602. The second kappa shape index (κ2) is 18.3. The molecule has 1 aliphatic heterocycles. The molecule has 48 heavy (non-hydrogen) atoms. The van der Waals surface area contributed by atoms with Gasteiger partial charge in [0.25, 0.3) is 0 Å². The summed E-state index contributed by atoms with van der Waals surface area (Å²) in [7, 11) is 6.77. The van der Waals surface area contributed by atoms with Crippen molar-refractivity contribution in [3.05, 3.63) is 107 Å². The number of carbonyl (C=O) groups excluding carboxylic acids is 2. The predicted molar refractivity (Wildman–Crippen MR) is 190 cm³/mol. The number of aromatic nitrogens is 1. The number of benzene rings is 3. The van der Waals surface area contributed by atoms with Gasteiger partial charge in [-0.3, -0.25) is 9.63 Å². The molecule has 1 fully saturated rings. The Kier molecular flexibility index (Phi) is 14.5. The van der Waals surface area contributed by atoms with Gasteiger partial charge in [-0.1, -0.05) is 59.9 Å². The molecule has 1 saturated heterocycles. The van der Waals surface area contributed by atoms with Crippen molar-refractivity contribution in [3.8, 4) is 11.8 Å². The van der Waals surface area contributed by atoms with E-state index in [1.54, 1.807) is 14.0 Å². The number of nitrogens with one attached hydrogen (secondary N) is 2. The van der Waals surface area contributed by atoms with E-state index in [9.17, 15) is 14.7 Å². The third-order valence-corrected chi connectivity index (χ3v) is 7.83. The average Bonchev–Trinajstić information content (AvgIpc) is 3.58. The van der Waals surface area contributed by atoms with Crippen molar-refractivity contribution in [2.45, 2.75) is 51.1 Å². The standard InChI is InChI=1S/C25H31N3O4.C9H9N.C4H9NO/c1-17-5-7-19(8-6-17)9-10-20-11-13-21(14-12-20)15-28-22(24(30)27-3)25(26,16-31-4)23(32-28)18(2)29;1-7-6-10-9-5-3-2-4-8(7)9;1-5(2)3-4-6/h5-8,11-14,18,22-23,29H,15-16,26H2,1-4H3,(H,27,30);2-6,10H,1H3;4H,3H2,1-2H3/t18?,22-,23?,25-;;/m1../s1. The number of hydrogen-bond acceptors (Lipinski definition) is 8. The number of hydrogen-bond donors (Lipinski definition) is 4. The predicted octanol–water partition coefficient (Wildman–Crippen LogP) is 3.57. The summed E-state index contributed by atoms with van der Waals surface area (Å²) in [6.45, 7) is 6.65. The molecule has 10 heteroatoms. The molecule has 4 atom stereocenters. The minimum atomic E-state index is -1.21. The third-order valence-electron chi connectivity index (χ3n) is 7.83. The zero-order valence-electron chi connectivity index (χ0n) is 29.0. The van der Waals surface area contributed by atoms with Crippen LogP contribution in [0.5, 0.6) is 0 Å². The Hall–Kier alpha value is -4.34. The normalized spacial score (nSPS) is 19.3. The van der Waals surface area contributed by atoms with Gasteiger partial charge in [0.2, 0.25) is 5.91 Å². The topological polar surface area (TPSA) is 133 Å². The van der Waals surface area contributed by atoms with Crippen molar-refractivity contribution in [2.75, 3.05) is 41.4 Å². The largest absolute Gasteiger partial charge is 0.391 e. The molecular formula is C38H49N5O5. The number of nitrogens with two attached hydrogens (primary N) is 1. The lowest BCUT2D eigenvalue weighted by atomic mass is 9.84. The lowest BCUT2D eigenvalue weighted by Gasteiger charge is -2.33. The van der Waals surface area contributed by atoms with Gasteiger partial charge in [0.15, 0.2) is 0 Å². The maximum Gasteiger partial charge on any atom is 0.241 e. The Balaban J connectivity index is 0.000000317. The number of fused-ring (bicyclic) bond motifs is 1. The van der Waals surface area contributed by atoms with Gasteiger partial charge in [-0.15, -0.1) is 0 Å². The van der Waals surface area contributed by atoms with Crippen molar-refractivity contribution >= 4 is 23.1 Å². The monoisotopic (exact) mass is 655 g/mol. The van der Waals surface area contributed by atoms with E-state index in [-0.39, 0.29) is 12.5 Å².